The third-order valence-corrected chi connectivity index (χ3v) is 4.36. The number of pyridine rings is 1. The van der Waals surface area contributed by atoms with E-state index in [-0.39, 0.29) is 0 Å². The fraction of sp³-hybridized carbons (Fsp3) is 0.250. The zero-order valence-corrected chi connectivity index (χ0v) is 13.4. The Bertz CT molecular complexity index is 821. The van der Waals surface area contributed by atoms with Gasteiger partial charge >= 0.3 is 0 Å². The van der Waals surface area contributed by atoms with Crippen LogP contribution in [0.2, 0.25) is 0 Å². The lowest BCUT2D eigenvalue weighted by atomic mass is 9.96. The lowest BCUT2D eigenvalue weighted by molar-refractivity contribution is 1.25. The largest absolute Gasteiger partial charge is 0.248 e. The number of hydrogen-bond donors (Lipinski definition) is 0. The van der Waals surface area contributed by atoms with Gasteiger partial charge in [0, 0.05) is 10.9 Å². The summed E-state index contributed by atoms with van der Waals surface area (Å²) in [5.74, 6) is 0. The van der Waals surface area contributed by atoms with Gasteiger partial charge in [0.05, 0.1) is 11.2 Å². The first-order valence-corrected chi connectivity index (χ1v) is 7.42. The minimum Gasteiger partial charge on any atom is -0.248 e. The highest BCUT2D eigenvalue weighted by molar-refractivity contribution is 5.84. The number of fused-ring (bicyclic) bond motifs is 1. The van der Waals surface area contributed by atoms with Crippen LogP contribution in [0.1, 0.15) is 27.8 Å². The van der Waals surface area contributed by atoms with E-state index >= 15 is 0 Å². The van der Waals surface area contributed by atoms with Crippen molar-refractivity contribution >= 4 is 10.9 Å². The van der Waals surface area contributed by atoms with Crippen LogP contribution in [0, 0.1) is 34.6 Å². The van der Waals surface area contributed by atoms with Crippen molar-refractivity contribution in [1.29, 1.82) is 0 Å². The Kier molecular flexibility index (Phi) is 3.29. The Labute approximate surface area is 126 Å². The van der Waals surface area contributed by atoms with Gasteiger partial charge in [-0.15, -0.1) is 0 Å². The van der Waals surface area contributed by atoms with Gasteiger partial charge in [-0.2, -0.15) is 0 Å². The van der Waals surface area contributed by atoms with E-state index in [1.165, 1.54) is 38.8 Å². The zero-order valence-electron chi connectivity index (χ0n) is 13.4. The average molecular weight is 275 g/mol. The number of benzene rings is 2. The van der Waals surface area contributed by atoms with Gasteiger partial charge in [0.25, 0.3) is 0 Å². The number of aryl methyl sites for hydroxylation is 4. The molecule has 0 radical (unpaired) electrons. The van der Waals surface area contributed by atoms with Crippen LogP contribution in [0.4, 0.5) is 0 Å². The van der Waals surface area contributed by atoms with Crippen molar-refractivity contribution in [2.24, 2.45) is 0 Å². The molecule has 0 bridgehead atoms. The van der Waals surface area contributed by atoms with Gasteiger partial charge in [0.2, 0.25) is 0 Å². The third kappa shape index (κ3) is 2.44. The van der Waals surface area contributed by atoms with Crippen molar-refractivity contribution < 1.29 is 0 Å². The van der Waals surface area contributed by atoms with Crippen molar-refractivity contribution in [3.05, 3.63) is 64.2 Å². The summed E-state index contributed by atoms with van der Waals surface area (Å²) in [7, 11) is 0. The molecule has 21 heavy (non-hydrogen) atoms. The minimum atomic E-state index is 1.08. The summed E-state index contributed by atoms with van der Waals surface area (Å²) in [6.45, 7) is 10.8. The predicted molar refractivity (Wildman–Crippen MR) is 90.9 cm³/mol. The Morgan fingerprint density at radius 3 is 2.05 bits per heavy atom. The molecule has 0 N–H and O–H groups in total. The third-order valence-electron chi connectivity index (χ3n) is 4.36. The molecule has 1 heterocycles. The van der Waals surface area contributed by atoms with E-state index in [4.69, 9.17) is 4.98 Å². The number of nitrogens with zero attached hydrogens (tertiary/aromatic N) is 1. The molecular weight excluding hydrogens is 254 g/mol. The molecule has 0 unspecified atom stereocenters. The molecule has 0 aliphatic rings. The van der Waals surface area contributed by atoms with Gasteiger partial charge in [0.1, 0.15) is 0 Å². The molecule has 1 heteroatoms. The van der Waals surface area contributed by atoms with Crippen LogP contribution in [-0.4, -0.2) is 4.98 Å². The molecule has 106 valence electrons. The van der Waals surface area contributed by atoms with E-state index < -0.39 is 0 Å². The first-order chi connectivity index (χ1) is 9.95. The molecule has 0 saturated heterocycles. The number of rotatable bonds is 1. The molecular formula is C20H21N. The molecule has 0 aliphatic heterocycles. The second-order valence-corrected chi connectivity index (χ2v) is 6.09. The molecule has 0 saturated carbocycles. The van der Waals surface area contributed by atoms with E-state index in [0.717, 1.165) is 11.2 Å². The lowest BCUT2D eigenvalue weighted by Gasteiger charge is -2.12. The molecule has 0 aliphatic carbocycles. The monoisotopic (exact) mass is 275 g/mol. The fourth-order valence-electron chi connectivity index (χ4n) is 2.85. The first kappa shape index (κ1) is 13.8. The second-order valence-electron chi connectivity index (χ2n) is 6.09. The van der Waals surface area contributed by atoms with Crippen LogP contribution in [0.5, 0.6) is 0 Å². The molecule has 0 atom stereocenters. The van der Waals surface area contributed by atoms with E-state index in [1.54, 1.807) is 0 Å². The maximum Gasteiger partial charge on any atom is 0.0739 e. The Balaban J connectivity index is 2.26. The van der Waals surface area contributed by atoms with Crippen LogP contribution in [0.15, 0.2) is 36.4 Å². The molecule has 1 aromatic heterocycles. The second kappa shape index (κ2) is 5.00. The minimum absolute atomic E-state index is 1.08. The Morgan fingerprint density at radius 2 is 1.38 bits per heavy atom. The molecule has 1 nitrogen and oxygen atoms in total. The molecule has 0 fully saturated rings. The van der Waals surface area contributed by atoms with Gasteiger partial charge in [-0.05, 0) is 86.7 Å². The standard InChI is InChI=1S/C20H21N/c1-12-6-7-17-11-15(4)20(21-19(17)8-12)18-9-13(2)16(5)14(3)10-18/h6-11H,1-5H3. The van der Waals surface area contributed by atoms with Crippen LogP contribution < -0.4 is 0 Å². The molecule has 0 amide bonds. The summed E-state index contributed by atoms with van der Waals surface area (Å²) >= 11 is 0. The normalized spacial score (nSPS) is 11.1. The number of aromatic nitrogens is 1. The molecule has 2 aromatic carbocycles. The van der Waals surface area contributed by atoms with Gasteiger partial charge in [0.15, 0.2) is 0 Å². The maximum absolute atomic E-state index is 4.92. The van der Waals surface area contributed by atoms with E-state index in [0.29, 0.717) is 0 Å². The first-order valence-electron chi connectivity index (χ1n) is 7.42. The van der Waals surface area contributed by atoms with Crippen LogP contribution >= 0.6 is 0 Å². The summed E-state index contributed by atoms with van der Waals surface area (Å²) < 4.78 is 0. The summed E-state index contributed by atoms with van der Waals surface area (Å²) in [6, 6.07) is 13.2. The maximum atomic E-state index is 4.92. The van der Waals surface area contributed by atoms with Crippen LogP contribution in [-0.2, 0) is 0 Å². The summed E-state index contributed by atoms with van der Waals surface area (Å²) in [6.07, 6.45) is 0. The van der Waals surface area contributed by atoms with Crippen molar-refractivity contribution in [2.75, 3.05) is 0 Å². The van der Waals surface area contributed by atoms with Crippen molar-refractivity contribution in [2.45, 2.75) is 34.6 Å². The van der Waals surface area contributed by atoms with E-state index in [9.17, 15) is 0 Å². The van der Waals surface area contributed by atoms with Gasteiger partial charge in [-0.3, -0.25) is 0 Å². The Morgan fingerprint density at radius 1 is 0.714 bits per heavy atom. The SMILES string of the molecule is Cc1ccc2cc(C)c(-c3cc(C)c(C)c(C)c3)nc2c1. The highest BCUT2D eigenvalue weighted by Gasteiger charge is 2.09. The van der Waals surface area contributed by atoms with E-state index in [2.05, 4.69) is 71.0 Å². The molecule has 3 rings (SSSR count). The lowest BCUT2D eigenvalue weighted by Crippen LogP contribution is -1.94. The highest BCUT2D eigenvalue weighted by atomic mass is 14.7. The molecule has 3 aromatic rings. The summed E-state index contributed by atoms with van der Waals surface area (Å²) in [5, 5.41) is 1.21. The Hall–Kier alpha value is -2.15. The van der Waals surface area contributed by atoms with Gasteiger partial charge < -0.3 is 0 Å². The van der Waals surface area contributed by atoms with Crippen molar-refractivity contribution in [1.82, 2.24) is 4.98 Å². The number of hydrogen-bond acceptors (Lipinski definition) is 1. The highest BCUT2D eigenvalue weighted by Crippen LogP contribution is 2.28. The smallest absolute Gasteiger partial charge is 0.0739 e. The topological polar surface area (TPSA) is 12.9 Å². The molecule has 0 spiro atoms. The van der Waals surface area contributed by atoms with Crippen LogP contribution in [0.25, 0.3) is 22.2 Å². The van der Waals surface area contributed by atoms with Gasteiger partial charge in [-0.25, -0.2) is 4.98 Å². The zero-order chi connectivity index (χ0) is 15.1. The van der Waals surface area contributed by atoms with Gasteiger partial charge in [-0.1, -0.05) is 12.1 Å². The van der Waals surface area contributed by atoms with E-state index in [1.807, 2.05) is 0 Å². The van der Waals surface area contributed by atoms with Crippen LogP contribution in [0.3, 0.4) is 0 Å². The summed E-state index contributed by atoms with van der Waals surface area (Å²) in [4.78, 5) is 4.92. The average Bonchev–Trinajstić information content (AvgIpc) is 2.44. The van der Waals surface area contributed by atoms with Crippen molar-refractivity contribution in [3.63, 3.8) is 0 Å². The van der Waals surface area contributed by atoms with Crippen molar-refractivity contribution in [3.8, 4) is 11.3 Å². The predicted octanol–water partition coefficient (Wildman–Crippen LogP) is 5.44. The quantitative estimate of drug-likeness (QED) is 0.576. The fourth-order valence-corrected chi connectivity index (χ4v) is 2.85. The summed E-state index contributed by atoms with van der Waals surface area (Å²) in [5.41, 5.74) is 9.90.